The van der Waals surface area contributed by atoms with Gasteiger partial charge in [0.25, 0.3) is 0 Å². The van der Waals surface area contributed by atoms with Crippen molar-refractivity contribution in [1.29, 1.82) is 0 Å². The van der Waals surface area contributed by atoms with Crippen LogP contribution in [0, 0.1) is 3.57 Å². The summed E-state index contributed by atoms with van der Waals surface area (Å²) in [6, 6.07) is 6.14. The van der Waals surface area contributed by atoms with E-state index in [-0.39, 0.29) is 0 Å². The summed E-state index contributed by atoms with van der Waals surface area (Å²) >= 11 is 3.88. The minimum atomic E-state index is 0.915. The van der Waals surface area contributed by atoms with E-state index in [0.717, 1.165) is 21.6 Å². The molecule has 0 spiro atoms. The lowest BCUT2D eigenvalue weighted by molar-refractivity contribution is 1.21. The second-order valence-corrected chi connectivity index (χ2v) is 5.36. The van der Waals surface area contributed by atoms with Crippen LogP contribution in [0.15, 0.2) is 36.1 Å². The van der Waals surface area contributed by atoms with Crippen molar-refractivity contribution in [2.24, 2.45) is 0 Å². The minimum Gasteiger partial charge on any atom is -0.243 e. The third kappa shape index (κ3) is 1.69. The zero-order valence-corrected chi connectivity index (χ0v) is 11.1. The van der Waals surface area contributed by atoms with Gasteiger partial charge in [0, 0.05) is 20.5 Å². The molecule has 0 aliphatic heterocycles. The molecular formula is C11H6IN3S. The molecule has 0 radical (unpaired) electrons. The van der Waals surface area contributed by atoms with Crippen molar-refractivity contribution in [3.8, 4) is 10.7 Å². The summed E-state index contributed by atoms with van der Waals surface area (Å²) in [6.45, 7) is 0. The van der Waals surface area contributed by atoms with Crippen LogP contribution in [0.1, 0.15) is 0 Å². The number of nitrogens with zero attached hydrogens (tertiary/aromatic N) is 3. The molecule has 0 saturated carbocycles. The number of aromatic nitrogens is 3. The molecule has 0 aliphatic carbocycles. The normalized spacial score (nSPS) is 10.8. The first-order valence-corrected chi connectivity index (χ1v) is 6.60. The molecule has 0 N–H and O–H groups in total. The van der Waals surface area contributed by atoms with Gasteiger partial charge in [0.05, 0.1) is 5.52 Å². The highest BCUT2D eigenvalue weighted by Gasteiger charge is 2.08. The summed E-state index contributed by atoms with van der Waals surface area (Å²) in [5, 5.41) is 3.95. The van der Waals surface area contributed by atoms with Gasteiger partial charge in [0.1, 0.15) is 17.0 Å². The number of rotatable bonds is 1. The van der Waals surface area contributed by atoms with Crippen molar-refractivity contribution in [3.05, 3.63) is 39.7 Å². The van der Waals surface area contributed by atoms with Crippen LogP contribution in [0.2, 0.25) is 0 Å². The van der Waals surface area contributed by atoms with Crippen molar-refractivity contribution < 1.29 is 0 Å². The van der Waals surface area contributed by atoms with E-state index in [4.69, 9.17) is 0 Å². The standard InChI is InChI=1S/C11H6IN3S/c12-7-1-2-9-8(5-7)10(15-6-14-9)11-13-3-4-16-11/h1-6H. The highest BCUT2D eigenvalue weighted by Crippen LogP contribution is 2.27. The zero-order chi connectivity index (χ0) is 11.0. The Morgan fingerprint density at radius 2 is 2.06 bits per heavy atom. The molecule has 0 atom stereocenters. The van der Waals surface area contributed by atoms with E-state index < -0.39 is 0 Å². The number of benzene rings is 1. The fraction of sp³-hybridized carbons (Fsp3) is 0. The summed E-state index contributed by atoms with van der Waals surface area (Å²) in [5.41, 5.74) is 1.87. The SMILES string of the molecule is Ic1ccc2ncnc(-c3nccs3)c2c1. The van der Waals surface area contributed by atoms with Crippen molar-refractivity contribution in [1.82, 2.24) is 15.0 Å². The Morgan fingerprint density at radius 1 is 1.12 bits per heavy atom. The second-order valence-electron chi connectivity index (χ2n) is 3.22. The smallest absolute Gasteiger partial charge is 0.142 e. The average molecular weight is 339 g/mol. The van der Waals surface area contributed by atoms with Crippen molar-refractivity contribution in [2.75, 3.05) is 0 Å². The molecule has 0 amide bonds. The molecule has 3 nitrogen and oxygen atoms in total. The summed E-state index contributed by atoms with van der Waals surface area (Å²) in [4.78, 5) is 12.9. The fourth-order valence-corrected chi connectivity index (χ4v) is 2.68. The first-order chi connectivity index (χ1) is 7.84. The third-order valence-corrected chi connectivity index (χ3v) is 3.68. The molecule has 1 aromatic carbocycles. The van der Waals surface area contributed by atoms with Gasteiger partial charge in [-0.3, -0.25) is 0 Å². The predicted octanol–water partition coefficient (Wildman–Crippen LogP) is 3.36. The first-order valence-electron chi connectivity index (χ1n) is 4.65. The van der Waals surface area contributed by atoms with Gasteiger partial charge < -0.3 is 0 Å². The lowest BCUT2D eigenvalue weighted by Gasteiger charge is -2.02. The number of hydrogen-bond acceptors (Lipinski definition) is 4. The fourth-order valence-electron chi connectivity index (χ4n) is 1.54. The van der Waals surface area contributed by atoms with Gasteiger partial charge in [0.2, 0.25) is 0 Å². The molecule has 0 fully saturated rings. The van der Waals surface area contributed by atoms with Gasteiger partial charge in [-0.05, 0) is 40.8 Å². The molecule has 0 aliphatic rings. The molecule has 78 valence electrons. The van der Waals surface area contributed by atoms with E-state index >= 15 is 0 Å². The van der Waals surface area contributed by atoms with E-state index in [1.54, 1.807) is 23.9 Å². The Morgan fingerprint density at radius 3 is 2.88 bits per heavy atom. The Kier molecular flexibility index (Phi) is 2.56. The third-order valence-electron chi connectivity index (χ3n) is 2.23. The molecule has 3 aromatic rings. The summed E-state index contributed by atoms with van der Waals surface area (Å²) in [6.07, 6.45) is 3.38. The van der Waals surface area contributed by atoms with E-state index in [0.29, 0.717) is 0 Å². The highest BCUT2D eigenvalue weighted by molar-refractivity contribution is 14.1. The Labute approximate surface area is 110 Å². The van der Waals surface area contributed by atoms with Crippen LogP contribution in [-0.2, 0) is 0 Å². The average Bonchev–Trinajstić information content (AvgIpc) is 2.81. The van der Waals surface area contributed by atoms with Gasteiger partial charge in [0.15, 0.2) is 0 Å². The van der Waals surface area contributed by atoms with E-state index in [2.05, 4.69) is 43.6 Å². The summed E-state index contributed by atoms with van der Waals surface area (Å²) < 4.78 is 1.18. The van der Waals surface area contributed by atoms with Crippen LogP contribution in [0.4, 0.5) is 0 Å². The molecule has 3 rings (SSSR count). The lowest BCUT2D eigenvalue weighted by Crippen LogP contribution is -1.88. The van der Waals surface area contributed by atoms with Gasteiger partial charge >= 0.3 is 0 Å². The molecule has 0 bridgehead atoms. The van der Waals surface area contributed by atoms with E-state index in [1.165, 1.54) is 3.57 Å². The van der Waals surface area contributed by atoms with E-state index in [1.807, 2.05) is 17.5 Å². The van der Waals surface area contributed by atoms with E-state index in [9.17, 15) is 0 Å². The molecule has 2 aromatic heterocycles. The summed E-state index contributed by atoms with van der Waals surface area (Å²) in [5.74, 6) is 0. The van der Waals surface area contributed by atoms with Crippen LogP contribution >= 0.6 is 33.9 Å². The maximum Gasteiger partial charge on any atom is 0.142 e. The molecule has 0 unspecified atom stereocenters. The van der Waals surface area contributed by atoms with Gasteiger partial charge in [-0.15, -0.1) is 11.3 Å². The maximum absolute atomic E-state index is 4.32. The zero-order valence-electron chi connectivity index (χ0n) is 8.09. The minimum absolute atomic E-state index is 0.915. The molecular weight excluding hydrogens is 333 g/mol. The quantitative estimate of drug-likeness (QED) is 0.638. The van der Waals surface area contributed by atoms with Crippen LogP contribution < -0.4 is 0 Å². The number of hydrogen-bond donors (Lipinski definition) is 0. The Balaban J connectivity index is 2.36. The topological polar surface area (TPSA) is 38.7 Å². The van der Waals surface area contributed by atoms with Gasteiger partial charge in [-0.2, -0.15) is 0 Å². The van der Waals surface area contributed by atoms with Crippen LogP contribution in [0.5, 0.6) is 0 Å². The van der Waals surface area contributed by atoms with Crippen LogP contribution in [0.25, 0.3) is 21.6 Å². The van der Waals surface area contributed by atoms with Crippen molar-refractivity contribution in [3.63, 3.8) is 0 Å². The molecule has 5 heteroatoms. The summed E-state index contributed by atoms with van der Waals surface area (Å²) in [7, 11) is 0. The molecule has 2 heterocycles. The highest BCUT2D eigenvalue weighted by atomic mass is 127. The van der Waals surface area contributed by atoms with Crippen molar-refractivity contribution >= 4 is 44.8 Å². The first kappa shape index (κ1) is 10.1. The van der Waals surface area contributed by atoms with Crippen LogP contribution in [-0.4, -0.2) is 15.0 Å². The second kappa shape index (κ2) is 4.06. The largest absolute Gasteiger partial charge is 0.243 e. The molecule has 16 heavy (non-hydrogen) atoms. The molecule has 0 saturated heterocycles. The number of halogens is 1. The van der Waals surface area contributed by atoms with Crippen molar-refractivity contribution in [2.45, 2.75) is 0 Å². The number of fused-ring (bicyclic) bond motifs is 1. The van der Waals surface area contributed by atoms with Gasteiger partial charge in [-0.1, -0.05) is 0 Å². The maximum atomic E-state index is 4.32. The van der Waals surface area contributed by atoms with Crippen LogP contribution in [0.3, 0.4) is 0 Å². The Bertz CT molecular complexity index is 637. The van der Waals surface area contributed by atoms with Gasteiger partial charge in [-0.25, -0.2) is 15.0 Å². The Hall–Kier alpha value is -1.08. The monoisotopic (exact) mass is 339 g/mol. The number of thiazole rings is 1. The lowest BCUT2D eigenvalue weighted by atomic mass is 10.2. The predicted molar refractivity (Wildman–Crippen MR) is 73.4 cm³/mol.